The summed E-state index contributed by atoms with van der Waals surface area (Å²) in [6, 6.07) is 6.89. The number of carbonyl (C=O) groups is 1. The number of rotatable bonds is 7. The van der Waals surface area contributed by atoms with Gasteiger partial charge in [0.05, 0.1) is 13.2 Å². The van der Waals surface area contributed by atoms with Crippen molar-refractivity contribution in [3.8, 4) is 5.75 Å². The summed E-state index contributed by atoms with van der Waals surface area (Å²) in [7, 11) is 1.51. The maximum Gasteiger partial charge on any atom is 0.239 e. The Kier molecular flexibility index (Phi) is 9.58. The van der Waals surface area contributed by atoms with Gasteiger partial charge in [-0.25, -0.2) is 0 Å². The summed E-state index contributed by atoms with van der Waals surface area (Å²) in [5, 5.41) is 2.72. The van der Waals surface area contributed by atoms with Crippen LogP contribution in [-0.4, -0.2) is 38.3 Å². The number of nitrogens with one attached hydrogen (secondary N) is 1. The Hall–Kier alpha value is -0.820. The van der Waals surface area contributed by atoms with Crippen molar-refractivity contribution in [2.75, 3.05) is 20.3 Å². The van der Waals surface area contributed by atoms with E-state index in [-0.39, 0.29) is 31.0 Å². The van der Waals surface area contributed by atoms with Crippen LogP contribution in [0.2, 0.25) is 0 Å². The quantitative estimate of drug-likeness (QED) is 0.770. The van der Waals surface area contributed by atoms with E-state index in [0.717, 1.165) is 10.2 Å². The van der Waals surface area contributed by atoms with Crippen LogP contribution < -0.4 is 15.8 Å². The van der Waals surface area contributed by atoms with Gasteiger partial charge in [-0.3, -0.25) is 4.79 Å². The highest BCUT2D eigenvalue weighted by molar-refractivity contribution is 9.10. The SMILES string of the molecule is COCC(N)C(=O)NCC(C)Oc1cccc(Br)c1.Cl. The van der Waals surface area contributed by atoms with Crippen LogP contribution in [0.1, 0.15) is 6.92 Å². The summed E-state index contributed by atoms with van der Waals surface area (Å²) in [5.41, 5.74) is 5.60. The van der Waals surface area contributed by atoms with E-state index in [1.807, 2.05) is 31.2 Å². The van der Waals surface area contributed by atoms with Gasteiger partial charge in [-0.2, -0.15) is 0 Å². The van der Waals surface area contributed by atoms with Gasteiger partial charge >= 0.3 is 0 Å². The predicted octanol–water partition coefficient (Wildman–Crippen LogP) is 1.73. The molecule has 0 spiro atoms. The molecule has 1 amide bonds. The predicted molar refractivity (Wildman–Crippen MR) is 84.3 cm³/mol. The molecule has 1 aromatic carbocycles. The molecule has 0 aliphatic rings. The number of halogens is 2. The lowest BCUT2D eigenvalue weighted by Crippen LogP contribution is -2.46. The van der Waals surface area contributed by atoms with Crippen LogP contribution in [0.15, 0.2) is 28.7 Å². The molecule has 0 saturated carbocycles. The van der Waals surface area contributed by atoms with Gasteiger partial charge in [-0.1, -0.05) is 22.0 Å². The van der Waals surface area contributed by atoms with Crippen molar-refractivity contribution in [3.63, 3.8) is 0 Å². The van der Waals surface area contributed by atoms with Gasteiger partial charge in [-0.05, 0) is 25.1 Å². The van der Waals surface area contributed by atoms with Crippen LogP contribution in [-0.2, 0) is 9.53 Å². The number of ether oxygens (including phenoxy) is 2. The van der Waals surface area contributed by atoms with E-state index in [1.54, 1.807) is 0 Å². The Morgan fingerprint density at radius 3 is 2.80 bits per heavy atom. The minimum atomic E-state index is -0.650. The molecule has 0 heterocycles. The van der Waals surface area contributed by atoms with Gasteiger partial charge in [0.1, 0.15) is 17.9 Å². The molecule has 0 aliphatic carbocycles. The Bertz CT molecular complexity index is 420. The van der Waals surface area contributed by atoms with Gasteiger partial charge in [0.25, 0.3) is 0 Å². The Labute approximate surface area is 133 Å². The zero-order valence-corrected chi connectivity index (χ0v) is 13.9. The van der Waals surface area contributed by atoms with Crippen molar-refractivity contribution >= 4 is 34.2 Å². The summed E-state index contributed by atoms with van der Waals surface area (Å²) >= 11 is 3.37. The standard InChI is InChI=1S/C13H19BrN2O3.ClH/c1-9(7-16-13(17)12(15)8-18-2)19-11-5-3-4-10(14)6-11;/h3-6,9,12H,7-8,15H2,1-2H3,(H,16,17);1H. The second kappa shape index (κ2) is 9.99. The smallest absolute Gasteiger partial charge is 0.239 e. The molecule has 0 aliphatic heterocycles. The number of hydrogen-bond donors (Lipinski definition) is 2. The Morgan fingerprint density at radius 2 is 2.20 bits per heavy atom. The van der Waals surface area contributed by atoms with Gasteiger partial charge in [0, 0.05) is 11.6 Å². The van der Waals surface area contributed by atoms with E-state index < -0.39 is 6.04 Å². The van der Waals surface area contributed by atoms with Crippen LogP contribution in [0.25, 0.3) is 0 Å². The van der Waals surface area contributed by atoms with Crippen molar-refractivity contribution in [2.45, 2.75) is 19.1 Å². The van der Waals surface area contributed by atoms with E-state index in [0.29, 0.717) is 6.54 Å². The van der Waals surface area contributed by atoms with Crippen LogP contribution in [0, 0.1) is 0 Å². The Morgan fingerprint density at radius 1 is 1.50 bits per heavy atom. The summed E-state index contributed by atoms with van der Waals surface area (Å²) in [5.74, 6) is 0.504. The first kappa shape index (κ1) is 19.2. The van der Waals surface area contributed by atoms with Crippen LogP contribution in [0.3, 0.4) is 0 Å². The fourth-order valence-corrected chi connectivity index (χ4v) is 1.82. The fraction of sp³-hybridized carbons (Fsp3) is 0.462. The molecule has 2 unspecified atom stereocenters. The average molecular weight is 368 g/mol. The summed E-state index contributed by atoms with van der Waals surface area (Å²) in [6.07, 6.45) is -0.145. The normalized spacial score (nSPS) is 13.0. The molecule has 1 rings (SSSR count). The lowest BCUT2D eigenvalue weighted by molar-refractivity contribution is -0.123. The molecule has 2 atom stereocenters. The first-order chi connectivity index (χ1) is 9.02. The zero-order valence-electron chi connectivity index (χ0n) is 11.5. The van der Waals surface area contributed by atoms with Crippen LogP contribution >= 0.6 is 28.3 Å². The molecule has 0 saturated heterocycles. The van der Waals surface area contributed by atoms with Gasteiger partial charge in [0.2, 0.25) is 5.91 Å². The number of methoxy groups -OCH3 is 1. The summed E-state index contributed by atoms with van der Waals surface area (Å²) in [6.45, 7) is 2.47. The maximum absolute atomic E-state index is 11.6. The topological polar surface area (TPSA) is 73.6 Å². The largest absolute Gasteiger partial charge is 0.489 e. The molecule has 1 aromatic rings. The second-order valence-corrected chi connectivity index (χ2v) is 5.11. The third kappa shape index (κ3) is 7.09. The monoisotopic (exact) mass is 366 g/mol. The van der Waals surface area contributed by atoms with Crippen molar-refractivity contribution < 1.29 is 14.3 Å². The number of nitrogens with two attached hydrogens (primary N) is 1. The van der Waals surface area contributed by atoms with Crippen LogP contribution in [0.5, 0.6) is 5.75 Å². The minimum absolute atomic E-state index is 0. The second-order valence-electron chi connectivity index (χ2n) is 4.19. The van der Waals surface area contributed by atoms with Gasteiger partial charge < -0.3 is 20.5 Å². The molecule has 114 valence electrons. The number of amides is 1. The highest BCUT2D eigenvalue weighted by Gasteiger charge is 2.14. The number of hydrogen-bond acceptors (Lipinski definition) is 4. The molecule has 20 heavy (non-hydrogen) atoms. The van der Waals surface area contributed by atoms with Crippen molar-refractivity contribution in [2.24, 2.45) is 5.73 Å². The number of carbonyl (C=O) groups excluding carboxylic acids is 1. The zero-order chi connectivity index (χ0) is 14.3. The lowest BCUT2D eigenvalue weighted by atomic mass is 10.3. The molecule has 3 N–H and O–H groups in total. The van der Waals surface area contributed by atoms with E-state index in [9.17, 15) is 4.79 Å². The van der Waals surface area contributed by atoms with E-state index in [1.165, 1.54) is 7.11 Å². The fourth-order valence-electron chi connectivity index (χ4n) is 1.44. The van der Waals surface area contributed by atoms with E-state index >= 15 is 0 Å². The third-order valence-corrected chi connectivity index (χ3v) is 2.87. The molecular formula is C13H20BrClN2O3. The van der Waals surface area contributed by atoms with Crippen molar-refractivity contribution in [3.05, 3.63) is 28.7 Å². The third-order valence-electron chi connectivity index (χ3n) is 2.38. The van der Waals surface area contributed by atoms with E-state index in [2.05, 4.69) is 21.2 Å². The highest BCUT2D eigenvalue weighted by Crippen LogP contribution is 2.18. The van der Waals surface area contributed by atoms with Crippen molar-refractivity contribution in [1.82, 2.24) is 5.32 Å². The molecule has 0 bridgehead atoms. The van der Waals surface area contributed by atoms with E-state index in [4.69, 9.17) is 15.2 Å². The first-order valence-electron chi connectivity index (χ1n) is 5.97. The molecule has 5 nitrogen and oxygen atoms in total. The van der Waals surface area contributed by atoms with Crippen molar-refractivity contribution in [1.29, 1.82) is 0 Å². The molecule has 0 fully saturated rings. The molecule has 7 heteroatoms. The average Bonchev–Trinajstić information content (AvgIpc) is 2.36. The van der Waals surface area contributed by atoms with Gasteiger partial charge in [0.15, 0.2) is 0 Å². The molecule has 0 aromatic heterocycles. The lowest BCUT2D eigenvalue weighted by Gasteiger charge is -2.17. The molecule has 0 radical (unpaired) electrons. The minimum Gasteiger partial charge on any atom is -0.489 e. The summed E-state index contributed by atoms with van der Waals surface area (Å²) < 4.78 is 11.4. The first-order valence-corrected chi connectivity index (χ1v) is 6.76. The number of benzene rings is 1. The Balaban J connectivity index is 0.00000361. The van der Waals surface area contributed by atoms with Crippen LogP contribution in [0.4, 0.5) is 0 Å². The maximum atomic E-state index is 11.6. The summed E-state index contributed by atoms with van der Waals surface area (Å²) in [4.78, 5) is 11.6. The highest BCUT2D eigenvalue weighted by atomic mass is 79.9. The molecular weight excluding hydrogens is 348 g/mol. The van der Waals surface area contributed by atoms with Gasteiger partial charge in [-0.15, -0.1) is 12.4 Å².